The molecule has 164 valence electrons. The molecular weight excluding hydrogens is 410 g/mol. The van der Waals surface area contributed by atoms with E-state index in [1.54, 1.807) is 30.6 Å². The molecule has 3 aromatic rings. The predicted molar refractivity (Wildman–Crippen MR) is 118 cm³/mol. The molecule has 11 nitrogen and oxygen atoms in total. The van der Waals surface area contributed by atoms with E-state index in [0.29, 0.717) is 17.8 Å². The van der Waals surface area contributed by atoms with E-state index in [1.807, 2.05) is 26.0 Å². The largest absolute Gasteiger partial charge is 0.368 e. The summed E-state index contributed by atoms with van der Waals surface area (Å²) in [6, 6.07) is 9.66. The van der Waals surface area contributed by atoms with Gasteiger partial charge < -0.3 is 22.1 Å². The fourth-order valence-corrected chi connectivity index (χ4v) is 3.07. The average molecular weight is 433 g/mol. The number of primary amides is 2. The molecule has 0 aliphatic carbocycles. The van der Waals surface area contributed by atoms with Gasteiger partial charge in [-0.1, -0.05) is 19.9 Å². The van der Waals surface area contributed by atoms with Crippen molar-refractivity contribution in [1.29, 1.82) is 5.26 Å². The molecule has 0 aliphatic rings. The van der Waals surface area contributed by atoms with E-state index < -0.39 is 17.9 Å². The fraction of sp³-hybridized carbons (Fsp3) is 0.238. The van der Waals surface area contributed by atoms with Crippen LogP contribution in [0.25, 0.3) is 5.69 Å². The number of aromatic nitrogens is 4. The van der Waals surface area contributed by atoms with Gasteiger partial charge in [-0.15, -0.1) is 0 Å². The van der Waals surface area contributed by atoms with Crippen molar-refractivity contribution in [2.75, 3.05) is 10.6 Å². The van der Waals surface area contributed by atoms with Gasteiger partial charge in [-0.25, -0.2) is 4.98 Å². The number of amides is 2. The Balaban J connectivity index is 2.00. The second-order valence-corrected chi connectivity index (χ2v) is 7.48. The van der Waals surface area contributed by atoms with Crippen LogP contribution in [0.15, 0.2) is 42.7 Å². The number of nitrogens with zero attached hydrogens (tertiary/aromatic N) is 5. The quantitative estimate of drug-likeness (QED) is 0.394. The third-order valence-corrected chi connectivity index (χ3v) is 4.53. The van der Waals surface area contributed by atoms with Crippen LogP contribution >= 0.6 is 0 Å². The van der Waals surface area contributed by atoms with Crippen molar-refractivity contribution in [3.63, 3.8) is 0 Å². The van der Waals surface area contributed by atoms with Crippen molar-refractivity contribution in [3.8, 4) is 11.8 Å². The van der Waals surface area contributed by atoms with Gasteiger partial charge in [0, 0.05) is 5.69 Å². The summed E-state index contributed by atoms with van der Waals surface area (Å²) in [7, 11) is 0. The molecule has 0 radical (unpaired) electrons. The van der Waals surface area contributed by atoms with Crippen molar-refractivity contribution < 1.29 is 9.59 Å². The molecule has 3 rings (SSSR count). The molecule has 6 N–H and O–H groups in total. The summed E-state index contributed by atoms with van der Waals surface area (Å²) in [5.41, 5.74) is 12.4. The standard InChI is InChI=1S/C21H23N9O2/c1-12(2)8-17(19(24)32)28-20-13(11-22)9-16(18(23)31)21(29-20)27-14-4-3-5-15(10-14)30-25-6-7-26-30/h3-7,9-10,12,17H,8H2,1-2H3,(H2,23,31)(H2,24,32)(H2,27,28,29)/t17-/m1/s1. The van der Waals surface area contributed by atoms with Crippen LogP contribution in [0.2, 0.25) is 0 Å². The van der Waals surface area contributed by atoms with Gasteiger partial charge >= 0.3 is 0 Å². The Morgan fingerprint density at radius 3 is 2.47 bits per heavy atom. The zero-order valence-corrected chi connectivity index (χ0v) is 17.6. The Bertz CT molecular complexity index is 1170. The zero-order valence-electron chi connectivity index (χ0n) is 17.6. The van der Waals surface area contributed by atoms with E-state index in [2.05, 4.69) is 25.8 Å². The second kappa shape index (κ2) is 9.57. The van der Waals surface area contributed by atoms with Gasteiger partial charge in [0.25, 0.3) is 5.91 Å². The third kappa shape index (κ3) is 5.17. The van der Waals surface area contributed by atoms with E-state index in [9.17, 15) is 14.9 Å². The molecule has 0 bridgehead atoms. The minimum atomic E-state index is -0.762. The first kappa shape index (κ1) is 22.2. The second-order valence-electron chi connectivity index (χ2n) is 7.48. The number of rotatable bonds is 9. The minimum Gasteiger partial charge on any atom is -0.368 e. The van der Waals surface area contributed by atoms with Crippen molar-refractivity contribution in [2.45, 2.75) is 26.3 Å². The van der Waals surface area contributed by atoms with Crippen LogP contribution in [0.3, 0.4) is 0 Å². The number of benzene rings is 1. The van der Waals surface area contributed by atoms with Gasteiger partial charge in [0.1, 0.15) is 23.7 Å². The van der Waals surface area contributed by atoms with Crippen molar-refractivity contribution in [3.05, 3.63) is 53.9 Å². The van der Waals surface area contributed by atoms with E-state index >= 15 is 0 Å². The van der Waals surface area contributed by atoms with Gasteiger partial charge in [-0.05, 0) is 36.6 Å². The summed E-state index contributed by atoms with van der Waals surface area (Å²) in [5.74, 6) is -0.919. The van der Waals surface area contributed by atoms with Crippen molar-refractivity contribution in [1.82, 2.24) is 20.0 Å². The molecule has 0 saturated carbocycles. The highest BCUT2D eigenvalue weighted by molar-refractivity contribution is 5.99. The highest BCUT2D eigenvalue weighted by Gasteiger charge is 2.22. The number of carbonyl (C=O) groups is 2. The zero-order chi connectivity index (χ0) is 23.3. The lowest BCUT2D eigenvalue weighted by Gasteiger charge is -2.20. The lowest BCUT2D eigenvalue weighted by Crippen LogP contribution is -2.37. The Morgan fingerprint density at radius 2 is 1.88 bits per heavy atom. The van der Waals surface area contributed by atoms with E-state index in [-0.39, 0.29) is 28.7 Å². The molecule has 11 heteroatoms. The molecule has 2 aromatic heterocycles. The topological polar surface area (TPSA) is 178 Å². The molecule has 2 heterocycles. The van der Waals surface area contributed by atoms with Gasteiger partial charge in [0.15, 0.2) is 0 Å². The van der Waals surface area contributed by atoms with Crippen LogP contribution in [0.5, 0.6) is 0 Å². The lowest BCUT2D eigenvalue weighted by atomic mass is 10.0. The number of carbonyl (C=O) groups excluding carboxylic acids is 2. The first-order valence-corrected chi connectivity index (χ1v) is 9.83. The molecule has 0 aliphatic heterocycles. The molecule has 0 unspecified atom stereocenters. The molecular formula is C21H23N9O2. The first-order valence-electron chi connectivity index (χ1n) is 9.83. The summed E-state index contributed by atoms with van der Waals surface area (Å²) in [6.45, 7) is 3.89. The summed E-state index contributed by atoms with van der Waals surface area (Å²) in [5, 5.41) is 23.7. The maximum atomic E-state index is 12.0. The lowest BCUT2D eigenvalue weighted by molar-refractivity contribution is -0.119. The van der Waals surface area contributed by atoms with E-state index in [0.717, 1.165) is 0 Å². The predicted octanol–water partition coefficient (Wildman–Crippen LogP) is 1.69. The third-order valence-electron chi connectivity index (χ3n) is 4.53. The highest BCUT2D eigenvalue weighted by Crippen LogP contribution is 2.26. The number of hydrogen-bond acceptors (Lipinski definition) is 8. The van der Waals surface area contributed by atoms with E-state index in [1.165, 1.54) is 10.9 Å². The molecule has 0 spiro atoms. The summed E-state index contributed by atoms with van der Waals surface area (Å²) in [6.07, 6.45) is 3.55. The Hall–Kier alpha value is -4.46. The Labute approximate surface area is 184 Å². The maximum Gasteiger partial charge on any atom is 0.252 e. The number of pyridine rings is 1. The molecule has 0 fully saturated rings. The van der Waals surface area contributed by atoms with Gasteiger partial charge in [0.2, 0.25) is 5.91 Å². The van der Waals surface area contributed by atoms with Crippen LogP contribution in [0.1, 0.15) is 36.2 Å². The molecule has 2 amide bonds. The SMILES string of the molecule is CC(C)C[C@@H](Nc1nc(Nc2cccc(-n3nccn3)c2)c(C(N)=O)cc1C#N)C(N)=O. The summed E-state index contributed by atoms with van der Waals surface area (Å²) < 4.78 is 0. The molecule has 1 aromatic carbocycles. The number of nitrogens with two attached hydrogens (primary N) is 2. The number of hydrogen-bond donors (Lipinski definition) is 4. The van der Waals surface area contributed by atoms with E-state index in [4.69, 9.17) is 11.5 Å². The van der Waals surface area contributed by atoms with Gasteiger partial charge in [0.05, 0.1) is 29.2 Å². The number of nitrogens with one attached hydrogen (secondary N) is 2. The van der Waals surface area contributed by atoms with Crippen LogP contribution in [-0.2, 0) is 4.79 Å². The normalized spacial score (nSPS) is 11.6. The van der Waals surface area contributed by atoms with Crippen LogP contribution in [0.4, 0.5) is 17.3 Å². The van der Waals surface area contributed by atoms with Gasteiger partial charge in [-0.3, -0.25) is 9.59 Å². The van der Waals surface area contributed by atoms with Gasteiger partial charge in [-0.2, -0.15) is 20.3 Å². The highest BCUT2D eigenvalue weighted by atomic mass is 16.1. The molecule has 1 atom stereocenters. The van der Waals surface area contributed by atoms with Crippen molar-refractivity contribution >= 4 is 29.1 Å². The number of anilines is 3. The summed E-state index contributed by atoms with van der Waals surface area (Å²) in [4.78, 5) is 29.7. The number of nitriles is 1. The van der Waals surface area contributed by atoms with Crippen molar-refractivity contribution in [2.24, 2.45) is 17.4 Å². The maximum absolute atomic E-state index is 12.0. The summed E-state index contributed by atoms with van der Waals surface area (Å²) >= 11 is 0. The van der Waals surface area contributed by atoms with Crippen LogP contribution in [0, 0.1) is 17.2 Å². The van der Waals surface area contributed by atoms with Crippen LogP contribution < -0.4 is 22.1 Å². The van der Waals surface area contributed by atoms with Crippen LogP contribution in [-0.4, -0.2) is 37.8 Å². The molecule has 32 heavy (non-hydrogen) atoms. The average Bonchev–Trinajstić information content (AvgIpc) is 3.28. The molecule has 0 saturated heterocycles. The smallest absolute Gasteiger partial charge is 0.252 e. The Morgan fingerprint density at radius 1 is 1.16 bits per heavy atom. The first-order chi connectivity index (χ1) is 15.3. The Kier molecular flexibility index (Phi) is 6.65. The fourth-order valence-electron chi connectivity index (χ4n) is 3.07. The minimum absolute atomic E-state index is 0.0224. The monoisotopic (exact) mass is 433 g/mol.